The first-order valence-corrected chi connectivity index (χ1v) is 10.6. The molecule has 0 heterocycles. The molecule has 0 aliphatic heterocycles. The molecule has 6 nitrogen and oxygen atoms in total. The van der Waals surface area contributed by atoms with E-state index in [-0.39, 0.29) is 11.9 Å². The van der Waals surface area contributed by atoms with Crippen LogP contribution in [0.4, 0.5) is 11.4 Å². The average molecular weight is 413 g/mol. The van der Waals surface area contributed by atoms with Crippen molar-refractivity contribution in [1.82, 2.24) is 0 Å². The molecule has 0 fully saturated rings. The Morgan fingerprint density at radius 2 is 1.37 bits per heavy atom. The van der Waals surface area contributed by atoms with E-state index in [0.29, 0.717) is 13.2 Å². The van der Waals surface area contributed by atoms with Gasteiger partial charge >= 0.3 is 5.97 Å². The van der Waals surface area contributed by atoms with Crippen molar-refractivity contribution in [2.75, 3.05) is 20.3 Å². The first-order chi connectivity index (χ1) is 14.6. The minimum absolute atomic E-state index is 0.00583. The van der Waals surface area contributed by atoms with E-state index in [2.05, 4.69) is 10.2 Å². The fraction of sp³-hybridized carbons (Fsp3) is 0.458. The first-order valence-electron chi connectivity index (χ1n) is 10.6. The highest BCUT2D eigenvalue weighted by atomic mass is 16.5. The van der Waals surface area contributed by atoms with Gasteiger partial charge in [-0.1, -0.05) is 13.8 Å². The topological polar surface area (TPSA) is 69.5 Å². The lowest BCUT2D eigenvalue weighted by Crippen LogP contribution is -2.14. The van der Waals surface area contributed by atoms with E-state index in [1.54, 1.807) is 7.11 Å². The van der Waals surface area contributed by atoms with Gasteiger partial charge in [-0.15, -0.1) is 0 Å². The predicted molar refractivity (Wildman–Crippen MR) is 118 cm³/mol. The van der Waals surface area contributed by atoms with E-state index in [0.717, 1.165) is 55.0 Å². The van der Waals surface area contributed by atoms with Gasteiger partial charge in [-0.05, 0) is 80.6 Å². The van der Waals surface area contributed by atoms with Crippen molar-refractivity contribution in [3.05, 3.63) is 48.5 Å². The van der Waals surface area contributed by atoms with Crippen LogP contribution in [0.1, 0.15) is 46.0 Å². The molecule has 0 amide bonds. The van der Waals surface area contributed by atoms with Gasteiger partial charge in [0.1, 0.15) is 11.5 Å². The van der Waals surface area contributed by atoms with E-state index in [9.17, 15) is 4.79 Å². The summed E-state index contributed by atoms with van der Waals surface area (Å²) in [5, 5.41) is 8.45. The van der Waals surface area contributed by atoms with Gasteiger partial charge in [0, 0.05) is 0 Å². The number of methoxy groups -OCH3 is 1. The van der Waals surface area contributed by atoms with Crippen LogP contribution in [0, 0.1) is 5.92 Å². The summed E-state index contributed by atoms with van der Waals surface area (Å²) >= 11 is 0. The molecule has 0 bridgehead atoms. The second-order valence-corrected chi connectivity index (χ2v) is 7.13. The standard InChI is InChI=1S/C24H32N2O4/c1-4-19(2)24(27)30-18-8-6-5-7-17-29-23-15-11-21(12-16-23)26-25-20-9-13-22(28-3)14-10-20/h9-16,19H,4-8,17-18H2,1-3H3. The van der Waals surface area contributed by atoms with Gasteiger partial charge in [0.05, 0.1) is 37.6 Å². The number of rotatable bonds is 13. The summed E-state index contributed by atoms with van der Waals surface area (Å²) < 4.78 is 16.1. The number of ether oxygens (including phenoxy) is 3. The summed E-state index contributed by atoms with van der Waals surface area (Å²) in [6, 6.07) is 15.0. The zero-order chi connectivity index (χ0) is 21.6. The van der Waals surface area contributed by atoms with Crippen LogP contribution in [0.15, 0.2) is 58.8 Å². The molecule has 162 valence electrons. The lowest BCUT2D eigenvalue weighted by molar-refractivity contribution is -0.148. The number of nitrogens with zero attached hydrogens (tertiary/aromatic N) is 2. The molecular formula is C24H32N2O4. The Morgan fingerprint density at radius 3 is 1.90 bits per heavy atom. The second kappa shape index (κ2) is 13.4. The van der Waals surface area contributed by atoms with Gasteiger partial charge in [0.15, 0.2) is 0 Å². The van der Waals surface area contributed by atoms with Crippen LogP contribution < -0.4 is 9.47 Å². The number of hydrogen-bond acceptors (Lipinski definition) is 6. The molecule has 1 atom stereocenters. The number of hydrogen-bond donors (Lipinski definition) is 0. The molecule has 0 saturated carbocycles. The molecule has 2 aromatic carbocycles. The zero-order valence-corrected chi connectivity index (χ0v) is 18.2. The summed E-state index contributed by atoms with van der Waals surface area (Å²) in [5.41, 5.74) is 1.54. The smallest absolute Gasteiger partial charge is 0.308 e. The van der Waals surface area contributed by atoms with Crippen LogP contribution in [-0.4, -0.2) is 26.3 Å². The van der Waals surface area contributed by atoms with Gasteiger partial charge in [-0.3, -0.25) is 4.79 Å². The van der Waals surface area contributed by atoms with Crippen molar-refractivity contribution in [2.24, 2.45) is 16.1 Å². The monoisotopic (exact) mass is 412 g/mol. The number of benzene rings is 2. The lowest BCUT2D eigenvalue weighted by atomic mass is 10.1. The maximum atomic E-state index is 11.6. The zero-order valence-electron chi connectivity index (χ0n) is 18.2. The molecule has 0 spiro atoms. The molecule has 6 heteroatoms. The fourth-order valence-electron chi connectivity index (χ4n) is 2.60. The molecule has 0 aromatic heterocycles. The van der Waals surface area contributed by atoms with Crippen molar-refractivity contribution in [2.45, 2.75) is 46.0 Å². The van der Waals surface area contributed by atoms with Crippen molar-refractivity contribution in [3.8, 4) is 11.5 Å². The maximum absolute atomic E-state index is 11.6. The Morgan fingerprint density at radius 1 is 0.833 bits per heavy atom. The number of carbonyl (C=O) groups excluding carboxylic acids is 1. The fourth-order valence-corrected chi connectivity index (χ4v) is 2.60. The Bertz CT molecular complexity index is 773. The summed E-state index contributed by atoms with van der Waals surface area (Å²) in [6.45, 7) is 5.07. The van der Waals surface area contributed by atoms with Crippen molar-refractivity contribution >= 4 is 17.3 Å². The van der Waals surface area contributed by atoms with Gasteiger partial charge in [0.25, 0.3) is 0 Å². The van der Waals surface area contributed by atoms with Crippen LogP contribution >= 0.6 is 0 Å². The van der Waals surface area contributed by atoms with E-state index in [4.69, 9.17) is 14.2 Å². The summed E-state index contributed by atoms with van der Waals surface area (Å²) in [4.78, 5) is 11.6. The Hall–Kier alpha value is -2.89. The molecule has 0 N–H and O–H groups in total. The van der Waals surface area contributed by atoms with Crippen molar-refractivity contribution < 1.29 is 19.0 Å². The molecule has 0 aliphatic carbocycles. The summed E-state index contributed by atoms with van der Waals surface area (Å²) in [7, 11) is 1.63. The quantitative estimate of drug-likeness (QED) is 0.210. The second-order valence-electron chi connectivity index (χ2n) is 7.13. The van der Waals surface area contributed by atoms with Crippen LogP contribution in [0.25, 0.3) is 0 Å². The Balaban J connectivity index is 1.59. The van der Waals surface area contributed by atoms with Gasteiger partial charge < -0.3 is 14.2 Å². The average Bonchev–Trinajstić information content (AvgIpc) is 2.79. The molecule has 30 heavy (non-hydrogen) atoms. The number of azo groups is 1. The van der Waals surface area contributed by atoms with Crippen molar-refractivity contribution in [1.29, 1.82) is 0 Å². The summed E-state index contributed by atoms with van der Waals surface area (Å²) in [6.07, 6.45) is 4.77. The van der Waals surface area contributed by atoms with Gasteiger partial charge in [-0.25, -0.2) is 0 Å². The lowest BCUT2D eigenvalue weighted by Gasteiger charge is -2.09. The number of esters is 1. The van der Waals surface area contributed by atoms with Gasteiger partial charge in [0.2, 0.25) is 0 Å². The predicted octanol–water partition coefficient (Wildman–Crippen LogP) is 6.64. The highest BCUT2D eigenvalue weighted by Crippen LogP contribution is 2.23. The van der Waals surface area contributed by atoms with Crippen molar-refractivity contribution in [3.63, 3.8) is 0 Å². The highest BCUT2D eigenvalue weighted by Gasteiger charge is 2.10. The molecule has 2 rings (SSSR count). The largest absolute Gasteiger partial charge is 0.497 e. The number of unbranched alkanes of at least 4 members (excludes halogenated alkanes) is 3. The molecule has 0 saturated heterocycles. The third-order valence-corrected chi connectivity index (χ3v) is 4.76. The SMILES string of the molecule is CCC(C)C(=O)OCCCCCCOc1ccc(N=Nc2ccc(OC)cc2)cc1. The molecule has 2 aromatic rings. The number of carbonyl (C=O) groups is 1. The first kappa shape index (κ1) is 23.4. The minimum atomic E-state index is -0.0900. The van der Waals surface area contributed by atoms with E-state index < -0.39 is 0 Å². The van der Waals surface area contributed by atoms with E-state index in [1.165, 1.54) is 0 Å². The highest BCUT2D eigenvalue weighted by molar-refractivity contribution is 5.71. The summed E-state index contributed by atoms with van der Waals surface area (Å²) in [5.74, 6) is 1.52. The third kappa shape index (κ3) is 8.64. The maximum Gasteiger partial charge on any atom is 0.308 e. The molecule has 1 unspecified atom stereocenters. The Labute approximate surface area is 179 Å². The molecule has 0 radical (unpaired) electrons. The molecular weight excluding hydrogens is 380 g/mol. The van der Waals surface area contributed by atoms with Crippen LogP contribution in [-0.2, 0) is 9.53 Å². The van der Waals surface area contributed by atoms with E-state index in [1.807, 2.05) is 62.4 Å². The van der Waals surface area contributed by atoms with E-state index >= 15 is 0 Å². The van der Waals surface area contributed by atoms with Gasteiger partial charge in [-0.2, -0.15) is 10.2 Å². The van der Waals surface area contributed by atoms with Crippen LogP contribution in [0.2, 0.25) is 0 Å². The van der Waals surface area contributed by atoms with Crippen LogP contribution in [0.5, 0.6) is 11.5 Å². The minimum Gasteiger partial charge on any atom is -0.497 e. The normalized spacial score (nSPS) is 12.0. The third-order valence-electron chi connectivity index (χ3n) is 4.76. The molecule has 0 aliphatic rings. The Kier molecular flexibility index (Phi) is 10.4. The van der Waals surface area contributed by atoms with Crippen LogP contribution in [0.3, 0.4) is 0 Å².